The normalized spacial score (nSPS) is 52.1. The van der Waals surface area contributed by atoms with Crippen molar-refractivity contribution in [2.45, 2.75) is 69.5 Å². The first-order valence-electron chi connectivity index (χ1n) is 7.09. The minimum Gasteiger partial charge on any atom is -0.328 e. The van der Waals surface area contributed by atoms with Gasteiger partial charge in [-0.2, -0.15) is 0 Å². The van der Waals surface area contributed by atoms with Gasteiger partial charge in [0, 0.05) is 6.04 Å². The molecule has 0 heterocycles. The SMILES string of the molecule is NC1CCCC(F)(CC2CC3CCC2C3)C1. The summed E-state index contributed by atoms with van der Waals surface area (Å²) in [6.07, 6.45) is 9.74. The highest BCUT2D eigenvalue weighted by atomic mass is 19.1. The monoisotopic (exact) mass is 225 g/mol. The molecule has 92 valence electrons. The number of hydrogen-bond acceptors (Lipinski definition) is 1. The van der Waals surface area contributed by atoms with Crippen LogP contribution in [0.2, 0.25) is 0 Å². The summed E-state index contributed by atoms with van der Waals surface area (Å²) in [6, 6.07) is 0.123. The standard InChI is InChI=1S/C14H24FN/c15-14(5-1-2-13(16)9-14)8-12-7-10-3-4-11(12)6-10/h10-13H,1-9,16H2. The highest BCUT2D eigenvalue weighted by molar-refractivity contribution is 4.96. The number of hydrogen-bond donors (Lipinski definition) is 1. The van der Waals surface area contributed by atoms with Crippen LogP contribution in [0.3, 0.4) is 0 Å². The van der Waals surface area contributed by atoms with E-state index in [1.807, 2.05) is 0 Å². The molecule has 2 bridgehead atoms. The second kappa shape index (κ2) is 3.97. The molecule has 5 unspecified atom stereocenters. The Bertz CT molecular complexity index is 267. The van der Waals surface area contributed by atoms with Crippen LogP contribution >= 0.6 is 0 Å². The van der Waals surface area contributed by atoms with Gasteiger partial charge in [0.15, 0.2) is 0 Å². The quantitative estimate of drug-likeness (QED) is 0.765. The summed E-state index contributed by atoms with van der Waals surface area (Å²) < 4.78 is 14.7. The van der Waals surface area contributed by atoms with Gasteiger partial charge >= 0.3 is 0 Å². The molecular weight excluding hydrogens is 201 g/mol. The van der Waals surface area contributed by atoms with Crippen LogP contribution in [0.4, 0.5) is 4.39 Å². The van der Waals surface area contributed by atoms with Crippen LogP contribution in [-0.2, 0) is 0 Å². The van der Waals surface area contributed by atoms with Gasteiger partial charge < -0.3 is 5.73 Å². The zero-order chi connectivity index (χ0) is 11.2. The largest absolute Gasteiger partial charge is 0.328 e. The third kappa shape index (κ3) is 2.01. The van der Waals surface area contributed by atoms with Crippen LogP contribution in [0.1, 0.15) is 57.8 Å². The van der Waals surface area contributed by atoms with Gasteiger partial charge in [0.05, 0.1) is 0 Å². The smallest absolute Gasteiger partial charge is 0.112 e. The van der Waals surface area contributed by atoms with Crippen molar-refractivity contribution in [3.8, 4) is 0 Å². The molecule has 3 aliphatic carbocycles. The molecule has 0 aliphatic heterocycles. The second-order valence-corrected chi connectivity index (χ2v) is 6.65. The molecule has 2 heteroatoms. The summed E-state index contributed by atoms with van der Waals surface area (Å²) in [6.45, 7) is 0. The first-order chi connectivity index (χ1) is 7.65. The molecular formula is C14H24FN. The van der Waals surface area contributed by atoms with Crippen LogP contribution in [0.25, 0.3) is 0 Å². The molecule has 3 aliphatic rings. The lowest BCUT2D eigenvalue weighted by molar-refractivity contribution is 0.0550. The van der Waals surface area contributed by atoms with Crippen LogP contribution in [-0.4, -0.2) is 11.7 Å². The van der Waals surface area contributed by atoms with E-state index in [4.69, 9.17) is 5.73 Å². The van der Waals surface area contributed by atoms with E-state index in [0.717, 1.165) is 37.5 Å². The van der Waals surface area contributed by atoms with E-state index in [1.165, 1.54) is 25.7 Å². The molecule has 0 amide bonds. The van der Waals surface area contributed by atoms with Crippen LogP contribution in [0.15, 0.2) is 0 Å². The summed E-state index contributed by atoms with van der Waals surface area (Å²) in [5.74, 6) is 2.49. The maximum atomic E-state index is 14.7. The minimum absolute atomic E-state index is 0.123. The maximum Gasteiger partial charge on any atom is 0.112 e. The first-order valence-corrected chi connectivity index (χ1v) is 7.09. The Kier molecular flexibility index (Phi) is 2.73. The summed E-state index contributed by atoms with van der Waals surface area (Å²) in [5, 5.41) is 0. The van der Waals surface area contributed by atoms with E-state index in [1.54, 1.807) is 0 Å². The summed E-state index contributed by atoms with van der Waals surface area (Å²) in [5.41, 5.74) is 5.01. The molecule has 3 saturated carbocycles. The fourth-order valence-electron chi connectivity index (χ4n) is 4.64. The number of nitrogens with two attached hydrogens (primary N) is 1. The Morgan fingerprint density at radius 1 is 1.19 bits per heavy atom. The zero-order valence-corrected chi connectivity index (χ0v) is 10.1. The predicted molar refractivity (Wildman–Crippen MR) is 63.8 cm³/mol. The predicted octanol–water partition coefficient (Wildman–Crippen LogP) is 3.42. The molecule has 3 fully saturated rings. The highest BCUT2D eigenvalue weighted by Crippen LogP contribution is 2.52. The highest BCUT2D eigenvalue weighted by Gasteiger charge is 2.45. The summed E-state index contributed by atoms with van der Waals surface area (Å²) in [7, 11) is 0. The van der Waals surface area contributed by atoms with E-state index < -0.39 is 5.67 Å². The van der Waals surface area contributed by atoms with E-state index in [-0.39, 0.29) is 6.04 Å². The molecule has 0 spiro atoms. The van der Waals surface area contributed by atoms with E-state index >= 15 is 0 Å². The molecule has 3 rings (SSSR count). The Hall–Kier alpha value is -0.110. The van der Waals surface area contributed by atoms with Crippen molar-refractivity contribution in [3.05, 3.63) is 0 Å². The molecule has 1 nitrogen and oxygen atoms in total. The van der Waals surface area contributed by atoms with Gasteiger partial charge in [0.25, 0.3) is 0 Å². The fraction of sp³-hybridized carbons (Fsp3) is 1.00. The Balaban J connectivity index is 1.61. The lowest BCUT2D eigenvalue weighted by atomic mass is 9.74. The number of alkyl halides is 1. The van der Waals surface area contributed by atoms with Gasteiger partial charge in [-0.15, -0.1) is 0 Å². The number of rotatable bonds is 2. The van der Waals surface area contributed by atoms with Gasteiger partial charge in [-0.25, -0.2) is 4.39 Å². The van der Waals surface area contributed by atoms with Gasteiger partial charge in [0.1, 0.15) is 5.67 Å². The average Bonchev–Trinajstić information content (AvgIpc) is 2.77. The molecule has 0 saturated heterocycles. The molecule has 0 aromatic rings. The maximum absolute atomic E-state index is 14.7. The molecule has 0 aromatic carbocycles. The third-order valence-corrected chi connectivity index (χ3v) is 5.34. The van der Waals surface area contributed by atoms with E-state index in [0.29, 0.717) is 12.3 Å². The Morgan fingerprint density at radius 3 is 2.69 bits per heavy atom. The van der Waals surface area contributed by atoms with Gasteiger partial charge in [-0.05, 0) is 69.1 Å². The van der Waals surface area contributed by atoms with Crippen molar-refractivity contribution < 1.29 is 4.39 Å². The summed E-state index contributed by atoms with van der Waals surface area (Å²) >= 11 is 0. The van der Waals surface area contributed by atoms with Crippen molar-refractivity contribution in [1.82, 2.24) is 0 Å². The Labute approximate surface area is 98.0 Å². The second-order valence-electron chi connectivity index (χ2n) is 6.65. The molecule has 0 aromatic heterocycles. The van der Waals surface area contributed by atoms with Gasteiger partial charge in [0.2, 0.25) is 0 Å². The molecule has 2 N–H and O–H groups in total. The fourth-order valence-corrected chi connectivity index (χ4v) is 4.64. The van der Waals surface area contributed by atoms with Crippen molar-refractivity contribution >= 4 is 0 Å². The third-order valence-electron chi connectivity index (χ3n) is 5.34. The molecule has 16 heavy (non-hydrogen) atoms. The van der Waals surface area contributed by atoms with Crippen LogP contribution in [0, 0.1) is 17.8 Å². The molecule has 0 radical (unpaired) electrons. The first kappa shape index (κ1) is 11.0. The van der Waals surface area contributed by atoms with Crippen molar-refractivity contribution in [1.29, 1.82) is 0 Å². The van der Waals surface area contributed by atoms with Crippen molar-refractivity contribution in [3.63, 3.8) is 0 Å². The zero-order valence-electron chi connectivity index (χ0n) is 10.1. The topological polar surface area (TPSA) is 26.0 Å². The van der Waals surface area contributed by atoms with Crippen molar-refractivity contribution in [2.75, 3.05) is 0 Å². The summed E-state index contributed by atoms with van der Waals surface area (Å²) in [4.78, 5) is 0. The van der Waals surface area contributed by atoms with Gasteiger partial charge in [-0.3, -0.25) is 0 Å². The van der Waals surface area contributed by atoms with Crippen molar-refractivity contribution in [2.24, 2.45) is 23.5 Å². The number of halogens is 1. The molecule has 5 atom stereocenters. The number of fused-ring (bicyclic) bond motifs is 2. The average molecular weight is 225 g/mol. The van der Waals surface area contributed by atoms with Crippen LogP contribution < -0.4 is 5.73 Å². The lowest BCUT2D eigenvalue weighted by Gasteiger charge is -2.36. The van der Waals surface area contributed by atoms with Gasteiger partial charge in [-0.1, -0.05) is 6.42 Å². The Morgan fingerprint density at radius 2 is 2.06 bits per heavy atom. The van der Waals surface area contributed by atoms with E-state index in [2.05, 4.69) is 0 Å². The minimum atomic E-state index is -0.910. The van der Waals surface area contributed by atoms with E-state index in [9.17, 15) is 4.39 Å². The lowest BCUT2D eigenvalue weighted by Crippen LogP contribution is -2.39. The van der Waals surface area contributed by atoms with Crippen LogP contribution in [0.5, 0.6) is 0 Å².